The second kappa shape index (κ2) is 7.65. The zero-order valence-electron chi connectivity index (χ0n) is 14.5. The highest BCUT2D eigenvalue weighted by Crippen LogP contribution is 2.29. The van der Waals surface area contributed by atoms with Gasteiger partial charge in [-0.2, -0.15) is 0 Å². The monoisotopic (exact) mass is 364 g/mol. The average molecular weight is 364 g/mol. The number of ether oxygens (including phenoxy) is 1. The molecule has 0 aliphatic heterocycles. The van der Waals surface area contributed by atoms with Gasteiger partial charge in [-0.3, -0.25) is 20.2 Å². The van der Waals surface area contributed by atoms with Gasteiger partial charge in [-0.05, 0) is 40.5 Å². The Hall–Kier alpha value is -3.74. The predicted molar refractivity (Wildman–Crippen MR) is 101 cm³/mol. The summed E-state index contributed by atoms with van der Waals surface area (Å²) in [6.07, 6.45) is 0. The molecule has 0 unspecified atom stereocenters. The smallest absolute Gasteiger partial charge is 0.270 e. The van der Waals surface area contributed by atoms with Gasteiger partial charge in [0, 0.05) is 22.6 Å². The Bertz CT molecular complexity index is 982. The molecule has 3 rings (SSSR count). The number of nitro groups is 2. The Morgan fingerprint density at radius 2 is 1.30 bits per heavy atom. The first-order valence-corrected chi connectivity index (χ1v) is 8.11. The second-order valence-electron chi connectivity index (χ2n) is 5.94. The number of methoxy groups -OCH3 is 1. The molecule has 3 aromatic carbocycles. The molecule has 0 bridgehead atoms. The van der Waals surface area contributed by atoms with Crippen LogP contribution in [0.25, 0.3) is 22.3 Å². The van der Waals surface area contributed by atoms with E-state index in [9.17, 15) is 20.2 Å². The van der Waals surface area contributed by atoms with Crippen molar-refractivity contribution < 1.29 is 14.6 Å². The van der Waals surface area contributed by atoms with Crippen LogP contribution in [0.5, 0.6) is 5.75 Å². The van der Waals surface area contributed by atoms with Gasteiger partial charge in [-0.15, -0.1) is 0 Å². The lowest BCUT2D eigenvalue weighted by molar-refractivity contribution is -0.496. The van der Waals surface area contributed by atoms with Crippen molar-refractivity contribution in [2.45, 2.75) is 6.54 Å². The Balaban J connectivity index is 1.94. The van der Waals surface area contributed by atoms with Gasteiger partial charge < -0.3 is 4.74 Å². The van der Waals surface area contributed by atoms with Crippen LogP contribution in [0.3, 0.4) is 0 Å². The summed E-state index contributed by atoms with van der Waals surface area (Å²) in [6, 6.07) is 19.4. The number of nitrogens with zero attached hydrogens (tertiary/aromatic N) is 2. The van der Waals surface area contributed by atoms with Crippen LogP contribution in [0.4, 0.5) is 5.69 Å². The second-order valence-corrected chi connectivity index (χ2v) is 5.94. The first kappa shape index (κ1) is 18.1. The Kier molecular flexibility index (Phi) is 5.12. The number of rotatable bonds is 6. The third kappa shape index (κ3) is 4.27. The summed E-state index contributed by atoms with van der Waals surface area (Å²) in [5.41, 5.74) is 3.45. The normalized spacial score (nSPS) is 10.4. The van der Waals surface area contributed by atoms with Crippen LogP contribution in [-0.4, -0.2) is 17.0 Å². The Labute approximate surface area is 155 Å². The molecule has 7 nitrogen and oxygen atoms in total. The highest BCUT2D eigenvalue weighted by Gasteiger charge is 2.14. The minimum atomic E-state index is -0.543. The highest BCUT2D eigenvalue weighted by molar-refractivity contribution is 5.72. The molecule has 3 aromatic rings. The topological polar surface area (TPSA) is 95.5 Å². The fourth-order valence-electron chi connectivity index (χ4n) is 2.83. The molecule has 0 saturated heterocycles. The van der Waals surface area contributed by atoms with Crippen LogP contribution >= 0.6 is 0 Å². The van der Waals surface area contributed by atoms with Crippen molar-refractivity contribution >= 4 is 5.69 Å². The maximum Gasteiger partial charge on any atom is 0.270 e. The van der Waals surface area contributed by atoms with E-state index in [1.54, 1.807) is 13.2 Å². The van der Waals surface area contributed by atoms with Gasteiger partial charge in [-0.1, -0.05) is 36.4 Å². The number of benzene rings is 3. The molecular formula is C20H16N2O5. The van der Waals surface area contributed by atoms with Crippen LogP contribution < -0.4 is 4.74 Å². The molecule has 0 radical (unpaired) electrons. The summed E-state index contributed by atoms with van der Waals surface area (Å²) in [6.45, 7) is -0.460. The number of nitro benzene ring substituents is 1. The molecule has 0 saturated carbocycles. The lowest BCUT2D eigenvalue weighted by Crippen LogP contribution is -2.00. The summed E-state index contributed by atoms with van der Waals surface area (Å²) in [5.74, 6) is 0.769. The third-order valence-electron chi connectivity index (χ3n) is 4.14. The van der Waals surface area contributed by atoms with E-state index in [-0.39, 0.29) is 5.69 Å². The van der Waals surface area contributed by atoms with Gasteiger partial charge >= 0.3 is 0 Å². The number of hydrogen-bond acceptors (Lipinski definition) is 5. The van der Waals surface area contributed by atoms with Gasteiger partial charge in [0.25, 0.3) is 5.69 Å². The standard InChI is InChI=1S/C20H16N2O5/c1-27-20-8-6-16(7-9-20)15-2-4-17(5-3-15)18-10-14(13-21(23)24)11-19(12-18)22(25)26/h2-12H,13H2,1H3. The quantitative estimate of drug-likeness (QED) is 0.466. The molecule has 0 amide bonds. The molecule has 136 valence electrons. The molecule has 0 spiro atoms. The lowest BCUT2D eigenvalue weighted by atomic mass is 9.98. The van der Waals surface area contributed by atoms with E-state index in [0.29, 0.717) is 11.1 Å². The summed E-state index contributed by atoms with van der Waals surface area (Å²) >= 11 is 0. The average Bonchev–Trinajstić information content (AvgIpc) is 2.67. The maximum absolute atomic E-state index is 11.1. The molecular weight excluding hydrogens is 348 g/mol. The number of hydrogen-bond donors (Lipinski definition) is 0. The SMILES string of the molecule is COc1ccc(-c2ccc(-c3cc(C[N+](=O)[O-])cc([N+](=O)[O-])c3)cc2)cc1. The molecule has 27 heavy (non-hydrogen) atoms. The molecule has 0 aliphatic rings. The first-order chi connectivity index (χ1) is 13.0. The first-order valence-electron chi connectivity index (χ1n) is 8.11. The van der Waals surface area contributed by atoms with Gasteiger partial charge in [0.15, 0.2) is 0 Å². The van der Waals surface area contributed by atoms with E-state index >= 15 is 0 Å². The third-order valence-corrected chi connectivity index (χ3v) is 4.14. The van der Waals surface area contributed by atoms with Gasteiger partial charge in [-0.25, -0.2) is 0 Å². The molecule has 0 fully saturated rings. The van der Waals surface area contributed by atoms with Crippen LogP contribution in [0.1, 0.15) is 5.56 Å². The van der Waals surface area contributed by atoms with E-state index < -0.39 is 16.4 Å². The lowest BCUT2D eigenvalue weighted by Gasteiger charge is -2.07. The maximum atomic E-state index is 11.1. The fraction of sp³-hybridized carbons (Fsp3) is 0.100. The largest absolute Gasteiger partial charge is 0.497 e. The van der Waals surface area contributed by atoms with Crippen LogP contribution in [-0.2, 0) is 6.54 Å². The van der Waals surface area contributed by atoms with Crippen molar-refractivity contribution in [3.8, 4) is 28.0 Å². The van der Waals surface area contributed by atoms with Crippen LogP contribution in [0.15, 0.2) is 66.7 Å². The van der Waals surface area contributed by atoms with E-state index in [2.05, 4.69) is 0 Å². The fourth-order valence-corrected chi connectivity index (χ4v) is 2.83. The van der Waals surface area contributed by atoms with Crippen molar-refractivity contribution in [2.75, 3.05) is 7.11 Å². The Morgan fingerprint density at radius 3 is 1.78 bits per heavy atom. The molecule has 0 aromatic heterocycles. The zero-order chi connectivity index (χ0) is 19.4. The van der Waals surface area contributed by atoms with E-state index in [1.807, 2.05) is 48.5 Å². The van der Waals surface area contributed by atoms with Crippen LogP contribution in [0, 0.1) is 20.2 Å². The molecule has 0 aliphatic carbocycles. The Morgan fingerprint density at radius 1 is 0.778 bits per heavy atom. The summed E-state index contributed by atoms with van der Waals surface area (Å²) in [4.78, 5) is 20.9. The molecule has 7 heteroatoms. The molecule has 0 N–H and O–H groups in total. The molecule has 0 heterocycles. The van der Waals surface area contributed by atoms with Crippen molar-refractivity contribution in [3.63, 3.8) is 0 Å². The van der Waals surface area contributed by atoms with Gasteiger partial charge in [0.2, 0.25) is 6.54 Å². The summed E-state index contributed by atoms with van der Waals surface area (Å²) < 4.78 is 5.15. The van der Waals surface area contributed by atoms with Crippen molar-refractivity contribution in [3.05, 3.63) is 92.5 Å². The van der Waals surface area contributed by atoms with Crippen LogP contribution in [0.2, 0.25) is 0 Å². The minimum absolute atomic E-state index is 0.163. The van der Waals surface area contributed by atoms with Gasteiger partial charge in [0.05, 0.1) is 12.0 Å². The highest BCUT2D eigenvalue weighted by atomic mass is 16.6. The predicted octanol–water partition coefficient (Wildman–Crippen LogP) is 4.71. The van der Waals surface area contributed by atoms with Crippen molar-refractivity contribution in [1.82, 2.24) is 0 Å². The number of non-ortho nitro benzene ring substituents is 1. The summed E-state index contributed by atoms with van der Waals surface area (Å²) in [5, 5.41) is 21.9. The van der Waals surface area contributed by atoms with Gasteiger partial charge in [0.1, 0.15) is 5.75 Å². The zero-order valence-corrected chi connectivity index (χ0v) is 14.5. The van der Waals surface area contributed by atoms with Crippen molar-refractivity contribution in [2.24, 2.45) is 0 Å². The van der Waals surface area contributed by atoms with E-state index in [1.165, 1.54) is 12.1 Å². The van der Waals surface area contributed by atoms with E-state index in [0.717, 1.165) is 22.4 Å². The minimum Gasteiger partial charge on any atom is -0.497 e. The van der Waals surface area contributed by atoms with Crippen molar-refractivity contribution in [1.29, 1.82) is 0 Å². The van der Waals surface area contributed by atoms with E-state index in [4.69, 9.17) is 4.74 Å². The summed E-state index contributed by atoms with van der Waals surface area (Å²) in [7, 11) is 1.61. The molecule has 0 atom stereocenters.